The second-order valence-electron chi connectivity index (χ2n) is 4.63. The Hall–Kier alpha value is -0.940. The minimum atomic E-state index is 0.0416. The van der Waals surface area contributed by atoms with Crippen molar-refractivity contribution in [2.24, 2.45) is 5.92 Å². The zero-order chi connectivity index (χ0) is 12.8. The molecule has 1 aromatic rings. The van der Waals surface area contributed by atoms with Crippen LogP contribution < -0.4 is 10.6 Å². The predicted octanol–water partition coefficient (Wildman–Crippen LogP) is 2.56. The number of carbonyl (C=O) groups is 1. The highest BCUT2D eigenvalue weighted by Gasteiger charge is 2.15. The lowest BCUT2D eigenvalue weighted by atomic mass is 9.94. The van der Waals surface area contributed by atoms with Crippen LogP contribution in [0.15, 0.2) is 22.8 Å². The van der Waals surface area contributed by atoms with Crippen molar-refractivity contribution >= 4 is 27.7 Å². The van der Waals surface area contributed by atoms with E-state index in [1.54, 1.807) is 6.20 Å². The zero-order valence-electron chi connectivity index (χ0n) is 10.3. The Labute approximate surface area is 116 Å². The van der Waals surface area contributed by atoms with Crippen LogP contribution >= 0.6 is 15.9 Å². The summed E-state index contributed by atoms with van der Waals surface area (Å²) in [6.45, 7) is 2.16. The summed E-state index contributed by atoms with van der Waals surface area (Å²) in [4.78, 5) is 15.9. The maximum absolute atomic E-state index is 11.8. The van der Waals surface area contributed by atoms with Gasteiger partial charge in [0.2, 0.25) is 5.91 Å². The minimum Gasteiger partial charge on any atom is -0.316 e. The third-order valence-corrected chi connectivity index (χ3v) is 3.83. The maximum Gasteiger partial charge on any atom is 0.225 e. The quantitative estimate of drug-likeness (QED) is 0.898. The first-order chi connectivity index (χ1) is 8.75. The molecule has 1 atom stereocenters. The number of nitrogens with one attached hydrogen (secondary N) is 2. The highest BCUT2D eigenvalue weighted by Crippen LogP contribution is 2.20. The number of piperidine rings is 1. The van der Waals surface area contributed by atoms with E-state index in [0.717, 1.165) is 24.0 Å². The summed E-state index contributed by atoms with van der Waals surface area (Å²) < 4.78 is 0.817. The first kappa shape index (κ1) is 13.5. The molecule has 0 spiro atoms. The number of rotatable bonds is 4. The van der Waals surface area contributed by atoms with E-state index < -0.39 is 0 Å². The summed E-state index contributed by atoms with van der Waals surface area (Å²) in [6, 6.07) is 3.70. The van der Waals surface area contributed by atoms with Crippen LogP contribution in [0.4, 0.5) is 5.82 Å². The third kappa shape index (κ3) is 4.07. The van der Waals surface area contributed by atoms with Crippen LogP contribution in [0.5, 0.6) is 0 Å². The van der Waals surface area contributed by atoms with Crippen LogP contribution in [-0.2, 0) is 4.79 Å². The van der Waals surface area contributed by atoms with Gasteiger partial charge < -0.3 is 10.6 Å². The summed E-state index contributed by atoms with van der Waals surface area (Å²) in [6.07, 6.45) is 5.63. The Bertz CT molecular complexity index is 405. The van der Waals surface area contributed by atoms with Gasteiger partial charge in [0.05, 0.1) is 4.47 Å². The first-order valence-electron chi connectivity index (χ1n) is 6.37. The van der Waals surface area contributed by atoms with Gasteiger partial charge in [-0.05, 0) is 66.3 Å². The monoisotopic (exact) mass is 311 g/mol. The molecule has 0 aliphatic carbocycles. The number of anilines is 1. The topological polar surface area (TPSA) is 54.0 Å². The van der Waals surface area contributed by atoms with Crippen LogP contribution in [0.2, 0.25) is 0 Å². The molecule has 18 heavy (non-hydrogen) atoms. The van der Waals surface area contributed by atoms with Gasteiger partial charge in [-0.3, -0.25) is 4.79 Å². The van der Waals surface area contributed by atoms with Crippen molar-refractivity contribution in [3.8, 4) is 0 Å². The number of amides is 1. The number of nitrogens with zero attached hydrogens (tertiary/aromatic N) is 1. The molecule has 1 aliphatic rings. The van der Waals surface area contributed by atoms with Crippen molar-refractivity contribution in [3.63, 3.8) is 0 Å². The molecule has 0 radical (unpaired) electrons. The van der Waals surface area contributed by atoms with Gasteiger partial charge in [0.15, 0.2) is 0 Å². The number of aromatic nitrogens is 1. The van der Waals surface area contributed by atoms with E-state index in [1.807, 2.05) is 12.1 Å². The lowest BCUT2D eigenvalue weighted by Crippen LogP contribution is -2.30. The predicted molar refractivity (Wildman–Crippen MR) is 75.4 cm³/mol. The minimum absolute atomic E-state index is 0.0416. The molecule has 4 nitrogen and oxygen atoms in total. The van der Waals surface area contributed by atoms with E-state index in [4.69, 9.17) is 0 Å². The molecule has 1 unspecified atom stereocenters. The summed E-state index contributed by atoms with van der Waals surface area (Å²) in [5.74, 6) is 1.28. The second kappa shape index (κ2) is 6.85. The fourth-order valence-corrected chi connectivity index (χ4v) is 2.53. The number of hydrogen-bond donors (Lipinski definition) is 2. The van der Waals surface area contributed by atoms with E-state index in [-0.39, 0.29) is 5.91 Å². The van der Waals surface area contributed by atoms with E-state index in [0.29, 0.717) is 18.2 Å². The molecule has 1 aromatic heterocycles. The van der Waals surface area contributed by atoms with Gasteiger partial charge in [0.25, 0.3) is 0 Å². The summed E-state index contributed by atoms with van der Waals surface area (Å²) in [5.41, 5.74) is 0. The van der Waals surface area contributed by atoms with Crippen molar-refractivity contribution < 1.29 is 4.79 Å². The highest BCUT2D eigenvalue weighted by molar-refractivity contribution is 9.10. The van der Waals surface area contributed by atoms with E-state index in [1.165, 1.54) is 12.8 Å². The van der Waals surface area contributed by atoms with Crippen molar-refractivity contribution in [3.05, 3.63) is 22.8 Å². The van der Waals surface area contributed by atoms with Crippen LogP contribution in [0, 0.1) is 5.92 Å². The van der Waals surface area contributed by atoms with E-state index in [2.05, 4.69) is 31.5 Å². The first-order valence-corrected chi connectivity index (χ1v) is 7.16. The van der Waals surface area contributed by atoms with Gasteiger partial charge in [-0.2, -0.15) is 0 Å². The molecule has 1 saturated heterocycles. The van der Waals surface area contributed by atoms with Gasteiger partial charge in [0, 0.05) is 12.6 Å². The third-order valence-electron chi connectivity index (χ3n) is 3.19. The van der Waals surface area contributed by atoms with Gasteiger partial charge in [0.1, 0.15) is 5.82 Å². The number of hydrogen-bond acceptors (Lipinski definition) is 3. The summed E-state index contributed by atoms with van der Waals surface area (Å²) >= 11 is 3.37. The highest BCUT2D eigenvalue weighted by atomic mass is 79.9. The molecular formula is C13H18BrN3O. The fraction of sp³-hybridized carbons (Fsp3) is 0.538. The Balaban J connectivity index is 1.76. The average Bonchev–Trinajstić information content (AvgIpc) is 2.40. The molecule has 1 fully saturated rings. The van der Waals surface area contributed by atoms with Crippen LogP contribution in [0.3, 0.4) is 0 Å². The van der Waals surface area contributed by atoms with Crippen LogP contribution in [0.25, 0.3) is 0 Å². The Kier molecular flexibility index (Phi) is 5.13. The van der Waals surface area contributed by atoms with Gasteiger partial charge in [-0.25, -0.2) is 4.98 Å². The Morgan fingerprint density at radius 2 is 2.50 bits per heavy atom. The molecule has 2 heterocycles. The lowest BCUT2D eigenvalue weighted by molar-refractivity contribution is -0.116. The molecule has 5 heteroatoms. The number of carbonyl (C=O) groups excluding carboxylic acids is 1. The van der Waals surface area contributed by atoms with Crippen molar-refractivity contribution in [2.45, 2.75) is 25.7 Å². The standard InChI is InChI=1S/C13H18BrN3O/c14-11-4-2-8-16-13(11)17-12(18)6-5-10-3-1-7-15-9-10/h2,4,8,10,15H,1,3,5-7,9H2,(H,16,17,18). The zero-order valence-corrected chi connectivity index (χ0v) is 11.9. The van der Waals surface area contributed by atoms with Crippen molar-refractivity contribution in [1.82, 2.24) is 10.3 Å². The normalized spacial score (nSPS) is 19.5. The molecule has 2 rings (SSSR count). The summed E-state index contributed by atoms with van der Waals surface area (Å²) in [5, 5.41) is 6.20. The van der Waals surface area contributed by atoms with Crippen LogP contribution in [0.1, 0.15) is 25.7 Å². The van der Waals surface area contributed by atoms with Gasteiger partial charge in [-0.15, -0.1) is 0 Å². The average molecular weight is 312 g/mol. The number of pyridine rings is 1. The lowest BCUT2D eigenvalue weighted by Gasteiger charge is -2.22. The maximum atomic E-state index is 11.8. The van der Waals surface area contributed by atoms with Gasteiger partial charge >= 0.3 is 0 Å². The van der Waals surface area contributed by atoms with Crippen molar-refractivity contribution in [1.29, 1.82) is 0 Å². The molecule has 0 aromatic carbocycles. The fourth-order valence-electron chi connectivity index (χ4n) is 2.18. The van der Waals surface area contributed by atoms with Crippen LogP contribution in [-0.4, -0.2) is 24.0 Å². The Morgan fingerprint density at radius 3 is 3.22 bits per heavy atom. The molecule has 1 amide bonds. The second-order valence-corrected chi connectivity index (χ2v) is 5.49. The molecular weight excluding hydrogens is 294 g/mol. The van der Waals surface area contributed by atoms with E-state index >= 15 is 0 Å². The molecule has 0 bridgehead atoms. The SMILES string of the molecule is O=C(CCC1CCCNC1)Nc1ncccc1Br. The van der Waals surface area contributed by atoms with E-state index in [9.17, 15) is 4.79 Å². The molecule has 2 N–H and O–H groups in total. The smallest absolute Gasteiger partial charge is 0.225 e. The largest absolute Gasteiger partial charge is 0.316 e. The van der Waals surface area contributed by atoms with Crippen molar-refractivity contribution in [2.75, 3.05) is 18.4 Å². The Morgan fingerprint density at radius 1 is 1.61 bits per heavy atom. The molecule has 98 valence electrons. The molecule has 0 saturated carbocycles. The number of halogens is 1. The summed E-state index contributed by atoms with van der Waals surface area (Å²) in [7, 11) is 0. The van der Waals surface area contributed by atoms with Gasteiger partial charge in [-0.1, -0.05) is 0 Å². The molecule has 1 aliphatic heterocycles.